The normalized spacial score (nSPS) is 12.9. The standard InChI is InChI=1S/C72H142NO8P/c1-3-5-7-9-11-13-15-17-19-21-23-25-27-29-31-33-35-37-39-41-43-45-47-49-51-53-55-57-59-61-63-65-72(75)81-70(69-80-82(76,77)79-67-66-73)68-78-71(74)64-62-60-58-56-54-52-50-48-46-44-42-40-38-36-34-32-30-28-26-24-22-20-18-16-14-12-10-8-6-4-2/h21,23,70H,3-20,22,24-69,73H2,1-2H3,(H,76,77)/b23-21-. The van der Waals surface area contributed by atoms with E-state index < -0.39 is 26.5 Å². The largest absolute Gasteiger partial charge is 0.472 e. The summed E-state index contributed by atoms with van der Waals surface area (Å²) in [5.74, 6) is -0.799. The van der Waals surface area contributed by atoms with Crippen molar-refractivity contribution in [1.29, 1.82) is 0 Å². The molecular weight excluding hydrogens is 1040 g/mol. The molecule has 0 aromatic rings. The van der Waals surface area contributed by atoms with E-state index in [2.05, 4.69) is 26.0 Å². The minimum atomic E-state index is -4.39. The van der Waals surface area contributed by atoms with E-state index in [1.54, 1.807) is 0 Å². The van der Waals surface area contributed by atoms with Gasteiger partial charge in [-0.2, -0.15) is 0 Å². The van der Waals surface area contributed by atoms with Gasteiger partial charge in [-0.3, -0.25) is 18.6 Å². The Labute approximate surface area is 510 Å². The van der Waals surface area contributed by atoms with E-state index in [0.717, 1.165) is 32.1 Å². The van der Waals surface area contributed by atoms with E-state index >= 15 is 0 Å². The number of carbonyl (C=O) groups excluding carboxylic acids is 2. The van der Waals surface area contributed by atoms with Crippen LogP contribution in [-0.2, 0) is 32.7 Å². The molecule has 0 radical (unpaired) electrons. The Morgan fingerprint density at radius 1 is 0.354 bits per heavy atom. The van der Waals surface area contributed by atoms with Gasteiger partial charge in [0.1, 0.15) is 6.61 Å². The second kappa shape index (κ2) is 68.9. The van der Waals surface area contributed by atoms with Gasteiger partial charge in [-0.15, -0.1) is 0 Å². The van der Waals surface area contributed by atoms with Gasteiger partial charge in [-0.1, -0.05) is 366 Å². The molecule has 0 saturated carbocycles. The highest BCUT2D eigenvalue weighted by molar-refractivity contribution is 7.47. The fourth-order valence-corrected chi connectivity index (χ4v) is 12.2. The summed E-state index contributed by atoms with van der Waals surface area (Å²) in [6.07, 6.45) is 83.3. The highest BCUT2D eigenvalue weighted by Crippen LogP contribution is 2.43. The van der Waals surface area contributed by atoms with Crippen LogP contribution in [0.3, 0.4) is 0 Å². The third-order valence-corrected chi connectivity index (χ3v) is 17.9. The van der Waals surface area contributed by atoms with E-state index in [4.69, 9.17) is 24.3 Å². The fraction of sp³-hybridized carbons (Fsp3) is 0.944. The molecule has 2 atom stereocenters. The van der Waals surface area contributed by atoms with Gasteiger partial charge in [0.25, 0.3) is 0 Å². The first-order chi connectivity index (χ1) is 40.3. The summed E-state index contributed by atoms with van der Waals surface area (Å²) in [6.45, 7) is 3.84. The van der Waals surface area contributed by atoms with Crippen molar-refractivity contribution < 1.29 is 37.6 Å². The molecule has 0 aromatic carbocycles. The predicted molar refractivity (Wildman–Crippen MR) is 354 cm³/mol. The highest BCUT2D eigenvalue weighted by Gasteiger charge is 2.26. The van der Waals surface area contributed by atoms with Gasteiger partial charge in [0.15, 0.2) is 6.10 Å². The Balaban J connectivity index is 3.78. The molecule has 0 heterocycles. The fourth-order valence-electron chi connectivity index (χ4n) is 11.5. The van der Waals surface area contributed by atoms with Crippen LogP contribution in [0.15, 0.2) is 12.2 Å². The average molecular weight is 1180 g/mol. The number of carbonyl (C=O) groups is 2. The Hall–Kier alpha value is -1.25. The Morgan fingerprint density at radius 2 is 0.598 bits per heavy atom. The average Bonchev–Trinajstić information content (AvgIpc) is 3.48. The van der Waals surface area contributed by atoms with Crippen LogP contribution in [0.4, 0.5) is 0 Å². The minimum Gasteiger partial charge on any atom is -0.462 e. The maximum absolute atomic E-state index is 12.8. The van der Waals surface area contributed by atoms with Crippen molar-refractivity contribution in [1.82, 2.24) is 0 Å². The SMILES string of the molecule is CCCCCCCCCC/C=C\CCCCCCCCCCCCCCCCCCCCCC(=O)OC(COC(=O)CCCCCCCCCCCCCCCCCCCCCCCCCCCCCCCC)COP(=O)(O)OCCN. The molecule has 0 rings (SSSR count). The molecule has 0 aromatic heterocycles. The first-order valence-corrected chi connectivity index (χ1v) is 38.2. The number of hydrogen-bond donors (Lipinski definition) is 2. The Morgan fingerprint density at radius 3 is 0.866 bits per heavy atom. The molecule has 9 nitrogen and oxygen atoms in total. The highest BCUT2D eigenvalue weighted by atomic mass is 31.2. The van der Waals surface area contributed by atoms with Gasteiger partial charge in [0.2, 0.25) is 0 Å². The first-order valence-electron chi connectivity index (χ1n) is 36.7. The maximum atomic E-state index is 12.8. The van der Waals surface area contributed by atoms with Gasteiger partial charge < -0.3 is 20.1 Å². The van der Waals surface area contributed by atoms with Crippen molar-refractivity contribution in [2.24, 2.45) is 5.73 Å². The lowest BCUT2D eigenvalue weighted by atomic mass is 10.0. The quantitative estimate of drug-likeness (QED) is 0.0264. The van der Waals surface area contributed by atoms with Crippen molar-refractivity contribution in [2.45, 2.75) is 412 Å². The minimum absolute atomic E-state index is 0.0579. The van der Waals surface area contributed by atoms with Gasteiger partial charge in [-0.05, 0) is 38.5 Å². The van der Waals surface area contributed by atoms with Crippen molar-refractivity contribution >= 4 is 19.8 Å². The van der Waals surface area contributed by atoms with Gasteiger partial charge in [-0.25, -0.2) is 4.57 Å². The molecule has 0 amide bonds. The number of rotatable bonds is 71. The molecular formula is C72H142NO8P. The summed E-state index contributed by atoms with van der Waals surface area (Å²) < 4.78 is 33.2. The van der Waals surface area contributed by atoms with E-state index in [9.17, 15) is 19.0 Å². The van der Waals surface area contributed by atoms with Crippen LogP contribution in [0.2, 0.25) is 0 Å². The summed E-state index contributed by atoms with van der Waals surface area (Å²) in [6, 6.07) is 0. The zero-order valence-corrected chi connectivity index (χ0v) is 55.9. The number of ether oxygens (including phenoxy) is 2. The van der Waals surface area contributed by atoms with Crippen LogP contribution in [0, 0.1) is 0 Å². The zero-order chi connectivity index (χ0) is 59.4. The molecule has 3 N–H and O–H groups in total. The van der Waals surface area contributed by atoms with Crippen molar-refractivity contribution in [3.8, 4) is 0 Å². The van der Waals surface area contributed by atoms with Crippen LogP contribution >= 0.6 is 7.82 Å². The molecule has 0 aliphatic carbocycles. The number of phosphoric ester groups is 1. The van der Waals surface area contributed by atoms with Crippen molar-refractivity contribution in [3.05, 3.63) is 12.2 Å². The smallest absolute Gasteiger partial charge is 0.462 e. The molecule has 0 aliphatic heterocycles. The second-order valence-electron chi connectivity index (χ2n) is 25.2. The number of allylic oxidation sites excluding steroid dienone is 2. The van der Waals surface area contributed by atoms with Gasteiger partial charge in [0.05, 0.1) is 13.2 Å². The van der Waals surface area contributed by atoms with Crippen molar-refractivity contribution in [2.75, 3.05) is 26.4 Å². The molecule has 10 heteroatoms. The van der Waals surface area contributed by atoms with Crippen LogP contribution in [0.5, 0.6) is 0 Å². The summed E-state index contributed by atoms with van der Waals surface area (Å²) in [5, 5.41) is 0. The molecule has 488 valence electrons. The lowest BCUT2D eigenvalue weighted by Gasteiger charge is -2.19. The molecule has 0 saturated heterocycles. The molecule has 2 unspecified atom stereocenters. The van der Waals surface area contributed by atoms with Crippen LogP contribution < -0.4 is 5.73 Å². The Kier molecular flexibility index (Phi) is 67.8. The number of phosphoric acid groups is 1. The topological polar surface area (TPSA) is 134 Å². The third kappa shape index (κ3) is 67.9. The first kappa shape index (κ1) is 80.8. The van der Waals surface area contributed by atoms with Crippen LogP contribution in [0.25, 0.3) is 0 Å². The second-order valence-corrected chi connectivity index (χ2v) is 26.6. The lowest BCUT2D eigenvalue weighted by Crippen LogP contribution is -2.29. The molecule has 82 heavy (non-hydrogen) atoms. The number of unbranched alkanes of at least 4 members (excludes halogenated alkanes) is 56. The number of hydrogen-bond acceptors (Lipinski definition) is 8. The Bertz CT molecular complexity index is 1350. The summed E-state index contributed by atoms with van der Waals surface area (Å²) in [5.41, 5.74) is 5.41. The van der Waals surface area contributed by atoms with Crippen LogP contribution in [-0.4, -0.2) is 49.3 Å². The predicted octanol–water partition coefficient (Wildman–Crippen LogP) is 23.9. The van der Waals surface area contributed by atoms with Gasteiger partial charge in [0, 0.05) is 19.4 Å². The summed E-state index contributed by atoms with van der Waals surface area (Å²) in [4.78, 5) is 35.4. The summed E-state index contributed by atoms with van der Waals surface area (Å²) in [7, 11) is -4.39. The monoisotopic (exact) mass is 1180 g/mol. The number of esters is 2. The van der Waals surface area contributed by atoms with E-state index in [1.165, 1.54) is 340 Å². The van der Waals surface area contributed by atoms with E-state index in [-0.39, 0.29) is 38.6 Å². The van der Waals surface area contributed by atoms with E-state index in [1.807, 2.05) is 0 Å². The molecule has 0 spiro atoms. The number of nitrogens with two attached hydrogens (primary N) is 1. The molecule has 0 bridgehead atoms. The zero-order valence-electron chi connectivity index (χ0n) is 55.0. The molecule has 0 fully saturated rings. The lowest BCUT2D eigenvalue weighted by molar-refractivity contribution is -0.161. The van der Waals surface area contributed by atoms with Crippen LogP contribution in [0.1, 0.15) is 406 Å². The van der Waals surface area contributed by atoms with Crippen molar-refractivity contribution in [3.63, 3.8) is 0 Å². The van der Waals surface area contributed by atoms with Gasteiger partial charge >= 0.3 is 19.8 Å². The molecule has 0 aliphatic rings. The third-order valence-electron chi connectivity index (χ3n) is 16.9. The maximum Gasteiger partial charge on any atom is 0.472 e. The van der Waals surface area contributed by atoms with E-state index in [0.29, 0.717) is 6.42 Å². The summed E-state index contributed by atoms with van der Waals surface area (Å²) >= 11 is 0.